The second-order valence-electron chi connectivity index (χ2n) is 9.79. The van der Waals surface area contributed by atoms with Gasteiger partial charge in [-0.1, -0.05) is 6.07 Å². The van der Waals surface area contributed by atoms with E-state index in [0.717, 1.165) is 10.8 Å². The monoisotopic (exact) mass is 589 g/mol. The molecule has 42 heavy (non-hydrogen) atoms. The Hall–Kier alpha value is -5.04. The lowest BCUT2D eigenvalue weighted by atomic mass is 10.0. The van der Waals surface area contributed by atoms with Crippen LogP contribution in [0, 0.1) is 0 Å². The highest BCUT2D eigenvalue weighted by molar-refractivity contribution is 7.90. The summed E-state index contributed by atoms with van der Waals surface area (Å²) < 4.78 is 40.6. The first-order valence-electron chi connectivity index (χ1n) is 13.2. The fourth-order valence-corrected chi connectivity index (χ4v) is 5.53. The van der Waals surface area contributed by atoms with Gasteiger partial charge < -0.3 is 31.2 Å². The van der Waals surface area contributed by atoms with Gasteiger partial charge in [0.2, 0.25) is 0 Å². The molecule has 5 rings (SSSR count). The molecule has 1 unspecified atom stereocenters. The van der Waals surface area contributed by atoms with Crippen molar-refractivity contribution in [3.63, 3.8) is 0 Å². The number of nitrogens with two attached hydrogens (primary N) is 2. The van der Waals surface area contributed by atoms with Crippen LogP contribution in [0.15, 0.2) is 71.8 Å². The summed E-state index contributed by atoms with van der Waals surface area (Å²) in [7, 11) is -4.28. The van der Waals surface area contributed by atoms with Crippen LogP contribution < -0.4 is 31.0 Å². The van der Waals surface area contributed by atoms with Crippen LogP contribution in [0.25, 0.3) is 21.8 Å². The van der Waals surface area contributed by atoms with Crippen molar-refractivity contribution in [2.75, 3.05) is 23.4 Å². The molecule has 2 heterocycles. The lowest BCUT2D eigenvalue weighted by Crippen LogP contribution is -2.37. The topological polar surface area (TPSA) is 187 Å². The van der Waals surface area contributed by atoms with Crippen molar-refractivity contribution >= 4 is 55.2 Å². The number of imidazole rings is 1. The van der Waals surface area contributed by atoms with Gasteiger partial charge in [0.1, 0.15) is 11.9 Å². The number of H-pyrrole nitrogens is 1. The molecular weight excluding hydrogens is 558 g/mol. The average Bonchev–Trinajstić information content (AvgIpc) is 3.32. The Morgan fingerprint density at radius 3 is 2.60 bits per heavy atom. The molecule has 2 aromatic heterocycles. The summed E-state index contributed by atoms with van der Waals surface area (Å²) in [6.45, 7) is 5.98. The van der Waals surface area contributed by atoms with Crippen LogP contribution in [0.2, 0.25) is 0 Å². The molecule has 0 radical (unpaired) electrons. The second kappa shape index (κ2) is 11.4. The van der Waals surface area contributed by atoms with Crippen LogP contribution in [-0.2, 0) is 14.8 Å². The number of ether oxygens (including phenoxy) is 2. The Balaban J connectivity index is 1.52. The zero-order valence-electron chi connectivity index (χ0n) is 23.2. The number of aromatic nitrogens is 3. The molecule has 12 nitrogen and oxygen atoms in total. The molecule has 0 aliphatic carbocycles. The minimum atomic E-state index is -4.28. The Bertz CT molecular complexity index is 1890. The zero-order valence-corrected chi connectivity index (χ0v) is 24.0. The molecule has 0 aliphatic heterocycles. The van der Waals surface area contributed by atoms with E-state index < -0.39 is 22.0 Å². The Kier molecular flexibility index (Phi) is 7.77. The molecule has 7 N–H and O–H groups in total. The van der Waals surface area contributed by atoms with E-state index in [1.165, 1.54) is 18.2 Å². The van der Waals surface area contributed by atoms with Gasteiger partial charge in [0.05, 0.1) is 28.6 Å². The van der Waals surface area contributed by atoms with Crippen molar-refractivity contribution in [2.24, 2.45) is 0 Å². The number of amides is 1. The Morgan fingerprint density at radius 1 is 1.02 bits per heavy atom. The molecule has 0 aliphatic rings. The van der Waals surface area contributed by atoms with E-state index in [1.54, 1.807) is 48.7 Å². The minimum Gasteiger partial charge on any atom is -0.490 e. The number of fused-ring (bicyclic) bond motifs is 2. The number of rotatable bonds is 10. The van der Waals surface area contributed by atoms with Gasteiger partial charge in [-0.3, -0.25) is 4.79 Å². The standard InChI is InChI=1S/C29H31N7O5S/c1-4-40-25-14-18(5-10-24(25)41-16(2)3)26(33-19-6-8-21-17(13-19)11-12-32-27(21)30)28(37)36-42(38,39)20-7-9-22-23(15-20)35-29(31)34-22/h5-16,26,33H,4H2,1-3H3,(H2,30,32)(H,36,37)(H3,31,34,35). The van der Waals surface area contributed by atoms with Gasteiger partial charge in [0.25, 0.3) is 15.9 Å². The van der Waals surface area contributed by atoms with Crippen molar-refractivity contribution in [3.05, 3.63) is 72.4 Å². The molecule has 218 valence electrons. The van der Waals surface area contributed by atoms with Gasteiger partial charge in [-0.2, -0.15) is 0 Å². The highest BCUT2D eigenvalue weighted by Gasteiger charge is 2.28. The average molecular weight is 590 g/mol. The van der Waals surface area contributed by atoms with Gasteiger partial charge in [0.15, 0.2) is 17.4 Å². The third-order valence-corrected chi connectivity index (χ3v) is 7.69. The van der Waals surface area contributed by atoms with Gasteiger partial charge in [-0.15, -0.1) is 0 Å². The van der Waals surface area contributed by atoms with Gasteiger partial charge >= 0.3 is 0 Å². The maximum atomic E-state index is 13.8. The third-order valence-electron chi connectivity index (χ3n) is 6.35. The molecule has 1 amide bonds. The summed E-state index contributed by atoms with van der Waals surface area (Å²) in [4.78, 5) is 24.6. The predicted octanol–water partition coefficient (Wildman–Crippen LogP) is 4.12. The van der Waals surface area contributed by atoms with E-state index >= 15 is 0 Å². The number of carbonyl (C=O) groups is 1. The van der Waals surface area contributed by atoms with Crippen molar-refractivity contribution < 1.29 is 22.7 Å². The summed E-state index contributed by atoms with van der Waals surface area (Å²) in [6, 6.07) is 15.2. The highest BCUT2D eigenvalue weighted by Crippen LogP contribution is 2.34. The molecule has 1 atom stereocenters. The molecule has 13 heteroatoms. The minimum absolute atomic E-state index is 0.112. The number of nitrogens with zero attached hydrogens (tertiary/aromatic N) is 2. The van der Waals surface area contributed by atoms with Gasteiger partial charge in [0, 0.05) is 17.3 Å². The summed E-state index contributed by atoms with van der Waals surface area (Å²) in [5.74, 6) is 0.635. The van der Waals surface area contributed by atoms with E-state index in [4.69, 9.17) is 20.9 Å². The quantitative estimate of drug-likeness (QED) is 0.159. The van der Waals surface area contributed by atoms with E-state index in [9.17, 15) is 13.2 Å². The summed E-state index contributed by atoms with van der Waals surface area (Å²) in [5.41, 5.74) is 13.6. The molecule has 5 aromatic rings. The van der Waals surface area contributed by atoms with Crippen molar-refractivity contribution in [1.29, 1.82) is 0 Å². The SMILES string of the molecule is CCOc1cc(C(Nc2ccc3c(N)nccc3c2)C(=O)NS(=O)(=O)c2ccc3nc(N)[nH]c3c2)ccc1OC(C)C. The Labute approximate surface area is 242 Å². The van der Waals surface area contributed by atoms with Crippen LogP contribution in [-0.4, -0.2) is 42.0 Å². The second-order valence-corrected chi connectivity index (χ2v) is 11.5. The number of nitrogens with one attached hydrogen (secondary N) is 3. The first-order chi connectivity index (χ1) is 20.0. The molecule has 0 saturated heterocycles. The smallest absolute Gasteiger partial charge is 0.264 e. The van der Waals surface area contributed by atoms with Crippen LogP contribution in [0.3, 0.4) is 0 Å². The van der Waals surface area contributed by atoms with Crippen molar-refractivity contribution in [3.8, 4) is 11.5 Å². The molecule has 0 bridgehead atoms. The van der Waals surface area contributed by atoms with Crippen LogP contribution in [0.4, 0.5) is 17.5 Å². The number of anilines is 3. The van der Waals surface area contributed by atoms with Crippen molar-refractivity contribution in [2.45, 2.75) is 37.8 Å². The number of aromatic amines is 1. The van der Waals surface area contributed by atoms with Gasteiger partial charge in [-0.05, 0) is 86.3 Å². The number of hydrogen-bond donors (Lipinski definition) is 5. The number of carbonyl (C=O) groups excluding carboxylic acids is 1. The fraction of sp³-hybridized carbons (Fsp3) is 0.207. The van der Waals surface area contributed by atoms with E-state index in [-0.39, 0.29) is 16.9 Å². The van der Waals surface area contributed by atoms with E-state index in [2.05, 4.69) is 25.0 Å². The van der Waals surface area contributed by atoms with E-state index in [1.807, 2.05) is 20.8 Å². The lowest BCUT2D eigenvalue weighted by molar-refractivity contribution is -0.120. The molecule has 3 aromatic carbocycles. The summed E-state index contributed by atoms with van der Waals surface area (Å²) in [6.07, 6.45) is 1.48. The Morgan fingerprint density at radius 2 is 1.83 bits per heavy atom. The number of pyridine rings is 1. The normalized spacial score (nSPS) is 12.4. The highest BCUT2D eigenvalue weighted by atomic mass is 32.2. The fourth-order valence-electron chi connectivity index (χ4n) is 4.51. The number of sulfonamides is 1. The number of hydrogen-bond acceptors (Lipinski definition) is 10. The predicted molar refractivity (Wildman–Crippen MR) is 162 cm³/mol. The third kappa shape index (κ3) is 6.00. The lowest BCUT2D eigenvalue weighted by Gasteiger charge is -2.22. The largest absolute Gasteiger partial charge is 0.490 e. The van der Waals surface area contributed by atoms with Crippen LogP contribution in [0.5, 0.6) is 11.5 Å². The van der Waals surface area contributed by atoms with Gasteiger partial charge in [-0.25, -0.2) is 23.1 Å². The summed E-state index contributed by atoms with van der Waals surface area (Å²) in [5, 5.41) is 4.72. The van der Waals surface area contributed by atoms with Crippen LogP contribution >= 0.6 is 0 Å². The number of nitrogen functional groups attached to an aromatic ring is 2. The van der Waals surface area contributed by atoms with Crippen LogP contribution in [0.1, 0.15) is 32.4 Å². The first-order valence-corrected chi connectivity index (χ1v) is 14.7. The number of benzene rings is 3. The first kappa shape index (κ1) is 28.5. The maximum Gasteiger partial charge on any atom is 0.264 e. The van der Waals surface area contributed by atoms with Crippen molar-refractivity contribution in [1.82, 2.24) is 19.7 Å². The summed E-state index contributed by atoms with van der Waals surface area (Å²) >= 11 is 0. The molecule has 0 fully saturated rings. The maximum absolute atomic E-state index is 13.8. The molecule has 0 saturated carbocycles. The molecular formula is C29H31N7O5S. The molecule has 0 spiro atoms. The van der Waals surface area contributed by atoms with E-state index in [0.29, 0.717) is 46.2 Å². The zero-order chi connectivity index (χ0) is 30.0.